The normalized spacial score (nSPS) is 17.2. The molecule has 1 aliphatic rings. The predicted octanol–water partition coefficient (Wildman–Crippen LogP) is 5.99. The molecule has 0 unspecified atom stereocenters. The third-order valence-electron chi connectivity index (χ3n) is 4.72. The zero-order valence-corrected chi connectivity index (χ0v) is 14.6. The highest BCUT2D eigenvalue weighted by Crippen LogP contribution is 2.41. The lowest BCUT2D eigenvalue weighted by atomic mass is 9.92. The molecule has 0 fully saturated rings. The van der Waals surface area contributed by atoms with Gasteiger partial charge in [0.05, 0.1) is 5.76 Å². The zero-order valence-electron chi connectivity index (χ0n) is 13.6. The Hall–Kier alpha value is -1.02. The monoisotopic (exact) mass is 288 g/mol. The summed E-state index contributed by atoms with van der Waals surface area (Å²) in [5.74, 6) is 1.27. The topological polar surface area (TPSA) is 9.23 Å². The van der Waals surface area contributed by atoms with Crippen LogP contribution in [0.2, 0.25) is 18.1 Å². The third-order valence-corrected chi connectivity index (χ3v) is 9.09. The summed E-state index contributed by atoms with van der Waals surface area (Å²) in [5.41, 5.74) is 2.79. The highest BCUT2D eigenvalue weighted by atomic mass is 28.4. The Labute approximate surface area is 125 Å². The Balaban J connectivity index is 2.33. The van der Waals surface area contributed by atoms with Crippen molar-refractivity contribution in [1.82, 2.24) is 0 Å². The van der Waals surface area contributed by atoms with Crippen LogP contribution < -0.4 is 0 Å². The van der Waals surface area contributed by atoms with Crippen LogP contribution in [0.15, 0.2) is 36.1 Å². The fraction of sp³-hybridized carbons (Fsp3) is 0.556. The van der Waals surface area contributed by atoms with Crippen molar-refractivity contribution >= 4 is 13.9 Å². The van der Waals surface area contributed by atoms with Gasteiger partial charge in [0, 0.05) is 6.42 Å². The van der Waals surface area contributed by atoms with E-state index in [1.807, 2.05) is 0 Å². The second-order valence-corrected chi connectivity index (χ2v) is 12.1. The lowest BCUT2D eigenvalue weighted by Crippen LogP contribution is -2.40. The molecule has 0 saturated carbocycles. The van der Waals surface area contributed by atoms with Crippen LogP contribution in [0.4, 0.5) is 0 Å². The molecule has 2 rings (SSSR count). The van der Waals surface area contributed by atoms with Crippen molar-refractivity contribution in [3.8, 4) is 0 Å². The Morgan fingerprint density at radius 2 is 1.55 bits per heavy atom. The van der Waals surface area contributed by atoms with Crippen molar-refractivity contribution in [2.24, 2.45) is 0 Å². The van der Waals surface area contributed by atoms with Gasteiger partial charge < -0.3 is 4.43 Å². The Kier molecular flexibility index (Phi) is 4.43. The average Bonchev–Trinajstić information content (AvgIpc) is 2.38. The number of hydrogen-bond donors (Lipinski definition) is 0. The fourth-order valence-corrected chi connectivity index (χ4v) is 3.54. The molecule has 0 aromatic heterocycles. The molecule has 1 nitrogen and oxygen atoms in total. The largest absolute Gasteiger partial charge is 0.546 e. The first-order chi connectivity index (χ1) is 9.31. The quantitative estimate of drug-likeness (QED) is 0.620. The summed E-state index contributed by atoms with van der Waals surface area (Å²) < 4.78 is 6.63. The van der Waals surface area contributed by atoms with Crippen LogP contribution in [0, 0.1) is 0 Å². The van der Waals surface area contributed by atoms with Gasteiger partial charge in [-0.1, -0.05) is 51.1 Å². The van der Waals surface area contributed by atoms with Gasteiger partial charge in [0.25, 0.3) is 0 Å². The van der Waals surface area contributed by atoms with Gasteiger partial charge in [-0.3, -0.25) is 0 Å². The molecule has 1 aromatic carbocycles. The van der Waals surface area contributed by atoms with Gasteiger partial charge in [-0.2, -0.15) is 0 Å². The van der Waals surface area contributed by atoms with Crippen LogP contribution in [0.25, 0.3) is 5.57 Å². The van der Waals surface area contributed by atoms with Gasteiger partial charge in [0.2, 0.25) is 8.32 Å². The van der Waals surface area contributed by atoms with E-state index in [-0.39, 0.29) is 5.04 Å². The van der Waals surface area contributed by atoms with Gasteiger partial charge in [-0.05, 0) is 48.5 Å². The summed E-state index contributed by atoms with van der Waals surface area (Å²) in [6.45, 7) is 11.6. The Morgan fingerprint density at radius 1 is 0.950 bits per heavy atom. The van der Waals surface area contributed by atoms with Crippen molar-refractivity contribution in [3.63, 3.8) is 0 Å². The van der Waals surface area contributed by atoms with E-state index in [2.05, 4.69) is 64.2 Å². The van der Waals surface area contributed by atoms with E-state index >= 15 is 0 Å². The predicted molar refractivity (Wildman–Crippen MR) is 90.1 cm³/mol. The lowest BCUT2D eigenvalue weighted by molar-refractivity contribution is 0.356. The second-order valence-electron chi connectivity index (χ2n) is 7.34. The first-order valence-corrected chi connectivity index (χ1v) is 10.7. The van der Waals surface area contributed by atoms with Crippen LogP contribution in [0.1, 0.15) is 52.0 Å². The summed E-state index contributed by atoms with van der Waals surface area (Å²) in [6, 6.07) is 10.8. The standard InChI is InChI=1S/C18H28OSi/c1-18(2,3)20(4,5)19-17-14-10-9-13-16(17)15-11-7-6-8-12-15/h6-8,11-12H,9-10,13-14H2,1-5H3. The number of rotatable bonds is 3. The molecule has 1 aliphatic carbocycles. The number of hydrogen-bond acceptors (Lipinski definition) is 1. The Bertz CT molecular complexity index is 480. The number of allylic oxidation sites excluding steroid dienone is 2. The minimum Gasteiger partial charge on any atom is -0.546 e. The van der Waals surface area contributed by atoms with Crippen LogP contribution in [0.5, 0.6) is 0 Å². The van der Waals surface area contributed by atoms with Crippen molar-refractivity contribution in [2.75, 3.05) is 0 Å². The average molecular weight is 289 g/mol. The Morgan fingerprint density at radius 3 is 2.15 bits per heavy atom. The van der Waals surface area contributed by atoms with Gasteiger partial charge >= 0.3 is 0 Å². The van der Waals surface area contributed by atoms with Gasteiger partial charge in [-0.15, -0.1) is 0 Å². The molecule has 0 aliphatic heterocycles. The molecule has 0 atom stereocenters. The molecule has 0 saturated heterocycles. The van der Waals surface area contributed by atoms with Crippen molar-refractivity contribution in [2.45, 2.75) is 64.6 Å². The first-order valence-electron chi connectivity index (χ1n) is 7.78. The highest BCUT2D eigenvalue weighted by Gasteiger charge is 2.40. The second kappa shape index (κ2) is 5.77. The van der Waals surface area contributed by atoms with E-state index in [0.29, 0.717) is 0 Å². The summed E-state index contributed by atoms with van der Waals surface area (Å²) >= 11 is 0. The van der Waals surface area contributed by atoms with E-state index in [1.54, 1.807) is 0 Å². The van der Waals surface area contributed by atoms with Crippen LogP contribution >= 0.6 is 0 Å². The van der Waals surface area contributed by atoms with E-state index in [4.69, 9.17) is 4.43 Å². The molecule has 1 aromatic rings. The van der Waals surface area contributed by atoms with E-state index in [0.717, 1.165) is 12.8 Å². The smallest absolute Gasteiger partial charge is 0.250 e. The van der Waals surface area contributed by atoms with Gasteiger partial charge in [0.15, 0.2) is 0 Å². The van der Waals surface area contributed by atoms with Crippen LogP contribution in [-0.2, 0) is 4.43 Å². The van der Waals surface area contributed by atoms with E-state index in [9.17, 15) is 0 Å². The summed E-state index contributed by atoms with van der Waals surface area (Å²) in [5, 5.41) is 0.263. The van der Waals surface area contributed by atoms with Crippen molar-refractivity contribution in [3.05, 3.63) is 41.7 Å². The molecule has 2 heteroatoms. The molecule has 0 bridgehead atoms. The van der Waals surface area contributed by atoms with E-state index in [1.165, 1.54) is 29.7 Å². The van der Waals surface area contributed by atoms with Gasteiger partial charge in [-0.25, -0.2) is 0 Å². The molecule has 0 radical (unpaired) electrons. The molecule has 110 valence electrons. The lowest BCUT2D eigenvalue weighted by Gasteiger charge is -2.39. The first kappa shape index (κ1) is 15.4. The number of benzene rings is 1. The van der Waals surface area contributed by atoms with E-state index < -0.39 is 8.32 Å². The van der Waals surface area contributed by atoms with Crippen LogP contribution in [-0.4, -0.2) is 8.32 Å². The van der Waals surface area contributed by atoms with Crippen molar-refractivity contribution < 1.29 is 4.43 Å². The van der Waals surface area contributed by atoms with Crippen LogP contribution in [0.3, 0.4) is 0 Å². The molecular formula is C18H28OSi. The highest BCUT2D eigenvalue weighted by molar-refractivity contribution is 6.74. The zero-order chi connectivity index (χ0) is 14.8. The third kappa shape index (κ3) is 3.35. The maximum Gasteiger partial charge on any atom is 0.250 e. The maximum absolute atomic E-state index is 6.63. The molecule has 0 N–H and O–H groups in total. The molecule has 0 heterocycles. The minimum atomic E-state index is -1.72. The maximum atomic E-state index is 6.63. The molecule has 0 amide bonds. The SMILES string of the molecule is CC(C)(C)[Si](C)(C)OC1=C(c2ccccc2)CCCC1. The molecule has 0 spiro atoms. The molecular weight excluding hydrogens is 260 g/mol. The van der Waals surface area contributed by atoms with Gasteiger partial charge in [0.1, 0.15) is 0 Å². The molecule has 20 heavy (non-hydrogen) atoms. The summed E-state index contributed by atoms with van der Waals surface area (Å²) in [7, 11) is -1.72. The fourth-order valence-electron chi connectivity index (χ4n) is 2.40. The minimum absolute atomic E-state index is 0.263. The van der Waals surface area contributed by atoms with Crippen molar-refractivity contribution in [1.29, 1.82) is 0 Å². The summed E-state index contributed by atoms with van der Waals surface area (Å²) in [6.07, 6.45) is 4.82. The summed E-state index contributed by atoms with van der Waals surface area (Å²) in [4.78, 5) is 0.